The van der Waals surface area contributed by atoms with Gasteiger partial charge in [-0.15, -0.1) is 0 Å². The lowest BCUT2D eigenvalue weighted by Gasteiger charge is -2.10. The molecular formula is C15H15N3O4. The molecule has 0 radical (unpaired) electrons. The number of amides is 1. The first-order valence-corrected chi connectivity index (χ1v) is 6.87. The molecule has 0 spiro atoms. The first-order chi connectivity index (χ1) is 10.6. The van der Waals surface area contributed by atoms with Crippen molar-refractivity contribution in [1.29, 1.82) is 5.26 Å². The van der Waals surface area contributed by atoms with Crippen LogP contribution >= 0.6 is 0 Å². The minimum Gasteiger partial charge on any atom is -0.376 e. The Morgan fingerprint density at radius 2 is 2.32 bits per heavy atom. The number of carbonyl (C=O) groups excluding carboxylic acids is 1. The van der Waals surface area contributed by atoms with Crippen LogP contribution in [0.2, 0.25) is 0 Å². The van der Waals surface area contributed by atoms with Gasteiger partial charge in [0.15, 0.2) is 0 Å². The van der Waals surface area contributed by atoms with Gasteiger partial charge in [-0.25, -0.2) is 0 Å². The van der Waals surface area contributed by atoms with E-state index in [-0.39, 0.29) is 22.9 Å². The van der Waals surface area contributed by atoms with Gasteiger partial charge in [0.05, 0.1) is 16.6 Å². The van der Waals surface area contributed by atoms with Crippen molar-refractivity contribution in [2.45, 2.75) is 18.9 Å². The summed E-state index contributed by atoms with van der Waals surface area (Å²) < 4.78 is 5.38. The lowest BCUT2D eigenvalue weighted by atomic mass is 10.1. The van der Waals surface area contributed by atoms with Gasteiger partial charge in [-0.3, -0.25) is 14.9 Å². The summed E-state index contributed by atoms with van der Waals surface area (Å²) in [7, 11) is 0. The lowest BCUT2D eigenvalue weighted by Crippen LogP contribution is -2.32. The smallest absolute Gasteiger partial charge is 0.276 e. The highest BCUT2D eigenvalue weighted by Crippen LogP contribution is 2.20. The zero-order valence-corrected chi connectivity index (χ0v) is 11.8. The van der Waals surface area contributed by atoms with E-state index in [0.29, 0.717) is 13.2 Å². The van der Waals surface area contributed by atoms with Crippen LogP contribution in [0.4, 0.5) is 5.69 Å². The van der Waals surface area contributed by atoms with Gasteiger partial charge in [-0.05, 0) is 25.0 Å². The van der Waals surface area contributed by atoms with E-state index < -0.39 is 10.8 Å². The second-order valence-electron chi connectivity index (χ2n) is 4.83. The molecule has 7 heteroatoms. The molecule has 7 nitrogen and oxygen atoms in total. The lowest BCUT2D eigenvalue weighted by molar-refractivity contribution is -0.385. The average Bonchev–Trinajstić information content (AvgIpc) is 3.04. The number of para-hydroxylation sites is 1. The molecule has 0 aromatic heterocycles. The van der Waals surface area contributed by atoms with Crippen LogP contribution in [0.3, 0.4) is 0 Å². The van der Waals surface area contributed by atoms with Gasteiger partial charge in [-0.1, -0.05) is 12.1 Å². The number of hydrogen-bond donors (Lipinski definition) is 1. The Bertz CT molecular complexity index is 642. The summed E-state index contributed by atoms with van der Waals surface area (Å²) in [4.78, 5) is 22.4. The van der Waals surface area contributed by atoms with E-state index in [0.717, 1.165) is 12.8 Å². The number of nitrogens with one attached hydrogen (secondary N) is 1. The van der Waals surface area contributed by atoms with Gasteiger partial charge < -0.3 is 10.1 Å². The van der Waals surface area contributed by atoms with Crippen LogP contribution in [-0.2, 0) is 9.53 Å². The van der Waals surface area contributed by atoms with Gasteiger partial charge >= 0.3 is 0 Å². The van der Waals surface area contributed by atoms with Gasteiger partial charge in [0, 0.05) is 19.2 Å². The molecular weight excluding hydrogens is 286 g/mol. The van der Waals surface area contributed by atoms with E-state index >= 15 is 0 Å². The largest absolute Gasteiger partial charge is 0.376 e. The van der Waals surface area contributed by atoms with Crippen LogP contribution in [0.15, 0.2) is 29.8 Å². The molecule has 1 atom stereocenters. The van der Waals surface area contributed by atoms with Gasteiger partial charge in [0.1, 0.15) is 11.6 Å². The summed E-state index contributed by atoms with van der Waals surface area (Å²) in [5.41, 5.74) is -0.106. The highest BCUT2D eigenvalue weighted by Gasteiger charge is 2.18. The Hall–Kier alpha value is -2.72. The molecule has 1 heterocycles. The van der Waals surface area contributed by atoms with Crippen LogP contribution in [0, 0.1) is 21.4 Å². The first-order valence-electron chi connectivity index (χ1n) is 6.87. The highest BCUT2D eigenvalue weighted by atomic mass is 16.6. The first kappa shape index (κ1) is 15.7. The summed E-state index contributed by atoms with van der Waals surface area (Å²) in [5, 5.41) is 22.7. The maximum Gasteiger partial charge on any atom is 0.276 e. The van der Waals surface area contributed by atoms with Crippen LogP contribution in [0.5, 0.6) is 0 Å². The maximum absolute atomic E-state index is 12.0. The predicted molar refractivity (Wildman–Crippen MR) is 78.7 cm³/mol. The van der Waals surface area contributed by atoms with Gasteiger partial charge in [0.25, 0.3) is 11.6 Å². The molecule has 2 rings (SSSR count). The van der Waals surface area contributed by atoms with Crippen molar-refractivity contribution in [1.82, 2.24) is 5.32 Å². The molecule has 1 fully saturated rings. The van der Waals surface area contributed by atoms with Crippen molar-refractivity contribution in [3.05, 3.63) is 45.5 Å². The molecule has 1 aromatic rings. The average molecular weight is 301 g/mol. The topological polar surface area (TPSA) is 105 Å². The molecule has 0 aliphatic carbocycles. The van der Waals surface area contributed by atoms with E-state index in [4.69, 9.17) is 10.00 Å². The molecule has 0 saturated carbocycles. The van der Waals surface area contributed by atoms with E-state index in [1.165, 1.54) is 24.3 Å². The van der Waals surface area contributed by atoms with E-state index in [9.17, 15) is 14.9 Å². The monoisotopic (exact) mass is 301 g/mol. The summed E-state index contributed by atoms with van der Waals surface area (Å²) in [6.07, 6.45) is 3.02. The van der Waals surface area contributed by atoms with Crippen molar-refractivity contribution in [2.24, 2.45) is 0 Å². The molecule has 1 amide bonds. The van der Waals surface area contributed by atoms with Crippen molar-refractivity contribution in [3.63, 3.8) is 0 Å². The molecule has 0 bridgehead atoms. The number of nitro benzene ring substituents is 1. The fourth-order valence-corrected chi connectivity index (χ4v) is 2.19. The Balaban J connectivity index is 2.11. The number of carbonyl (C=O) groups is 1. The predicted octanol–water partition coefficient (Wildman–Crippen LogP) is 1.80. The normalized spacial score (nSPS) is 17.8. The number of nitrogens with zero attached hydrogens (tertiary/aromatic N) is 2. The van der Waals surface area contributed by atoms with Crippen molar-refractivity contribution in [2.75, 3.05) is 13.2 Å². The molecule has 1 saturated heterocycles. The zero-order chi connectivity index (χ0) is 15.9. The van der Waals surface area contributed by atoms with Gasteiger partial charge in [0.2, 0.25) is 0 Å². The van der Waals surface area contributed by atoms with E-state index in [2.05, 4.69) is 5.32 Å². The number of benzene rings is 1. The fourth-order valence-electron chi connectivity index (χ4n) is 2.19. The van der Waals surface area contributed by atoms with Crippen LogP contribution in [0.1, 0.15) is 18.4 Å². The number of ether oxygens (including phenoxy) is 1. The van der Waals surface area contributed by atoms with E-state index in [1.807, 2.05) is 0 Å². The standard InChI is InChI=1S/C15H15N3O4/c16-9-12(15(19)17-10-13-5-3-7-22-13)8-11-4-1-2-6-14(11)18(20)21/h1-2,4,6,8,13H,3,5,7,10H2,(H,17,19)/b12-8+/t13-/m1/s1. The Morgan fingerprint density at radius 3 is 2.95 bits per heavy atom. The zero-order valence-electron chi connectivity index (χ0n) is 11.8. The Morgan fingerprint density at radius 1 is 1.55 bits per heavy atom. The molecule has 1 aliphatic heterocycles. The molecule has 1 aromatic carbocycles. The third kappa shape index (κ3) is 3.90. The Kier molecular flexibility index (Phi) is 5.22. The number of nitriles is 1. The van der Waals surface area contributed by atoms with Crippen LogP contribution in [-0.4, -0.2) is 30.1 Å². The third-order valence-corrected chi connectivity index (χ3v) is 3.31. The van der Waals surface area contributed by atoms with Crippen molar-refractivity contribution < 1.29 is 14.5 Å². The summed E-state index contributed by atoms with van der Waals surface area (Å²) in [5.74, 6) is -0.559. The SMILES string of the molecule is N#C/C(=C\c1ccccc1[N+](=O)[O-])C(=O)NC[C@H]1CCCO1. The van der Waals surface area contributed by atoms with Gasteiger partial charge in [-0.2, -0.15) is 5.26 Å². The summed E-state index contributed by atoms with van der Waals surface area (Å²) in [6, 6.07) is 7.73. The molecule has 114 valence electrons. The fraction of sp³-hybridized carbons (Fsp3) is 0.333. The molecule has 1 N–H and O–H groups in total. The number of nitro groups is 1. The number of rotatable bonds is 5. The minimum absolute atomic E-state index is 0.0324. The molecule has 22 heavy (non-hydrogen) atoms. The van der Waals surface area contributed by atoms with Crippen LogP contribution < -0.4 is 5.32 Å². The molecule has 1 aliphatic rings. The summed E-state index contributed by atoms with van der Waals surface area (Å²) in [6.45, 7) is 1.01. The van der Waals surface area contributed by atoms with Crippen molar-refractivity contribution >= 4 is 17.7 Å². The highest BCUT2D eigenvalue weighted by molar-refractivity contribution is 6.02. The second-order valence-corrected chi connectivity index (χ2v) is 4.83. The van der Waals surface area contributed by atoms with Crippen molar-refractivity contribution in [3.8, 4) is 6.07 Å². The third-order valence-electron chi connectivity index (χ3n) is 3.31. The Labute approximate surface area is 127 Å². The van der Waals surface area contributed by atoms with Crippen LogP contribution in [0.25, 0.3) is 6.08 Å². The molecule has 0 unspecified atom stereocenters. The quantitative estimate of drug-likeness (QED) is 0.386. The second kappa shape index (κ2) is 7.33. The maximum atomic E-state index is 12.0. The van der Waals surface area contributed by atoms with E-state index in [1.54, 1.807) is 12.1 Å². The summed E-state index contributed by atoms with van der Waals surface area (Å²) >= 11 is 0. The number of hydrogen-bond acceptors (Lipinski definition) is 5. The minimum atomic E-state index is -0.559.